The van der Waals surface area contributed by atoms with Gasteiger partial charge >= 0.3 is 5.97 Å². The molecule has 0 aliphatic heterocycles. The van der Waals surface area contributed by atoms with Crippen LogP contribution in [0.1, 0.15) is 32.2 Å². The number of carbonyl (C=O) groups excluding carboxylic acids is 2. The van der Waals surface area contributed by atoms with E-state index in [1.807, 2.05) is 24.3 Å². The van der Waals surface area contributed by atoms with E-state index in [2.05, 4.69) is 4.98 Å². The monoisotopic (exact) mass is 338 g/mol. The van der Waals surface area contributed by atoms with Crippen LogP contribution in [-0.4, -0.2) is 35.9 Å². The molecule has 2 aromatic heterocycles. The van der Waals surface area contributed by atoms with Gasteiger partial charge in [0.25, 0.3) is 5.91 Å². The normalized spacial score (nSPS) is 10.7. The molecule has 0 unspecified atom stereocenters. The van der Waals surface area contributed by atoms with E-state index < -0.39 is 5.97 Å². The first-order valence-electron chi connectivity index (χ1n) is 7.78. The van der Waals surface area contributed by atoms with Crippen molar-refractivity contribution in [2.45, 2.75) is 13.5 Å². The van der Waals surface area contributed by atoms with E-state index in [0.717, 1.165) is 5.39 Å². The first-order chi connectivity index (χ1) is 12.0. The lowest BCUT2D eigenvalue weighted by Crippen LogP contribution is -2.26. The number of methoxy groups -OCH3 is 1. The predicted octanol–water partition coefficient (Wildman–Crippen LogP) is 3.20. The van der Waals surface area contributed by atoms with Crippen LogP contribution < -0.4 is 0 Å². The zero-order chi connectivity index (χ0) is 18.0. The number of aromatic nitrogens is 1. The van der Waals surface area contributed by atoms with E-state index in [-0.39, 0.29) is 12.5 Å². The lowest BCUT2D eigenvalue weighted by molar-refractivity contribution is 0.0598. The van der Waals surface area contributed by atoms with E-state index in [1.165, 1.54) is 12.0 Å². The summed E-state index contributed by atoms with van der Waals surface area (Å²) in [5.74, 6) is 0.356. The van der Waals surface area contributed by atoms with Gasteiger partial charge in [-0.2, -0.15) is 0 Å². The number of carbonyl (C=O) groups is 2. The average molecular weight is 338 g/mol. The van der Waals surface area contributed by atoms with Gasteiger partial charge < -0.3 is 14.1 Å². The van der Waals surface area contributed by atoms with Crippen molar-refractivity contribution in [3.63, 3.8) is 0 Å². The second-order valence-electron chi connectivity index (χ2n) is 5.72. The Balaban J connectivity index is 1.85. The number of hydrogen-bond acceptors (Lipinski definition) is 5. The average Bonchev–Trinajstić information content (AvgIpc) is 3.00. The SMILES string of the molecule is COC(=O)c1cc(CN(C)C(=O)c2cccc3cccnc23)oc1C. The smallest absolute Gasteiger partial charge is 0.341 e. The van der Waals surface area contributed by atoms with Gasteiger partial charge in [-0.1, -0.05) is 18.2 Å². The van der Waals surface area contributed by atoms with Gasteiger partial charge in [-0.25, -0.2) is 4.79 Å². The van der Waals surface area contributed by atoms with Crippen molar-refractivity contribution in [2.75, 3.05) is 14.2 Å². The summed E-state index contributed by atoms with van der Waals surface area (Å²) in [7, 11) is 3.00. The number of nitrogens with zero attached hydrogens (tertiary/aromatic N) is 2. The Labute approximate surface area is 145 Å². The van der Waals surface area contributed by atoms with Crippen molar-refractivity contribution < 1.29 is 18.7 Å². The van der Waals surface area contributed by atoms with Crippen LogP contribution in [0.2, 0.25) is 0 Å². The molecule has 0 saturated carbocycles. The fraction of sp³-hybridized carbons (Fsp3) is 0.211. The number of benzene rings is 1. The van der Waals surface area contributed by atoms with Gasteiger partial charge in [0.15, 0.2) is 0 Å². The highest BCUT2D eigenvalue weighted by molar-refractivity contribution is 6.05. The summed E-state index contributed by atoms with van der Waals surface area (Å²) in [6.45, 7) is 1.92. The highest BCUT2D eigenvalue weighted by Crippen LogP contribution is 2.20. The maximum atomic E-state index is 12.8. The van der Waals surface area contributed by atoms with Crippen molar-refractivity contribution >= 4 is 22.8 Å². The van der Waals surface area contributed by atoms with Gasteiger partial charge in [-0.3, -0.25) is 9.78 Å². The Morgan fingerprint density at radius 2 is 1.96 bits per heavy atom. The maximum Gasteiger partial charge on any atom is 0.341 e. The molecule has 1 amide bonds. The molecule has 25 heavy (non-hydrogen) atoms. The Morgan fingerprint density at radius 1 is 1.20 bits per heavy atom. The van der Waals surface area contributed by atoms with Crippen LogP contribution in [0, 0.1) is 6.92 Å². The zero-order valence-electron chi connectivity index (χ0n) is 14.3. The first-order valence-corrected chi connectivity index (χ1v) is 7.78. The molecule has 6 heteroatoms. The summed E-state index contributed by atoms with van der Waals surface area (Å²) in [4.78, 5) is 30.3. The van der Waals surface area contributed by atoms with Crippen molar-refractivity contribution in [2.24, 2.45) is 0 Å². The molecule has 3 rings (SSSR count). The second kappa shape index (κ2) is 6.76. The molecule has 0 aliphatic rings. The van der Waals surface area contributed by atoms with E-state index in [0.29, 0.717) is 28.2 Å². The van der Waals surface area contributed by atoms with E-state index >= 15 is 0 Å². The summed E-state index contributed by atoms with van der Waals surface area (Å²) in [6.07, 6.45) is 1.66. The minimum atomic E-state index is -0.459. The third-order valence-electron chi connectivity index (χ3n) is 3.98. The summed E-state index contributed by atoms with van der Waals surface area (Å²) in [6, 6.07) is 10.8. The number of aryl methyl sites for hydroxylation is 1. The molecule has 0 bridgehead atoms. The van der Waals surface area contributed by atoms with Crippen LogP contribution in [0.3, 0.4) is 0 Å². The Hall–Kier alpha value is -3.15. The molecule has 3 aromatic rings. The number of hydrogen-bond donors (Lipinski definition) is 0. The van der Waals surface area contributed by atoms with Gasteiger partial charge in [0.05, 0.1) is 24.7 Å². The summed E-state index contributed by atoms with van der Waals surface area (Å²) >= 11 is 0. The van der Waals surface area contributed by atoms with Crippen LogP contribution in [0.4, 0.5) is 0 Å². The maximum absolute atomic E-state index is 12.8. The number of amides is 1. The largest absolute Gasteiger partial charge is 0.465 e. The van der Waals surface area contributed by atoms with Gasteiger partial charge in [0.2, 0.25) is 0 Å². The molecule has 0 saturated heterocycles. The number of fused-ring (bicyclic) bond motifs is 1. The Kier molecular flexibility index (Phi) is 4.52. The summed E-state index contributed by atoms with van der Waals surface area (Å²) in [5.41, 5.74) is 1.55. The van der Waals surface area contributed by atoms with Crippen LogP contribution >= 0.6 is 0 Å². The van der Waals surface area contributed by atoms with Crippen LogP contribution in [-0.2, 0) is 11.3 Å². The molecule has 0 aliphatic carbocycles. The van der Waals surface area contributed by atoms with Crippen LogP contribution in [0.15, 0.2) is 47.0 Å². The molecular formula is C19H18N2O4. The first kappa shape index (κ1) is 16.7. The molecule has 0 radical (unpaired) electrons. The molecule has 2 heterocycles. The summed E-state index contributed by atoms with van der Waals surface area (Å²) < 4.78 is 10.3. The molecule has 6 nitrogen and oxygen atoms in total. The van der Waals surface area contributed by atoms with E-state index in [4.69, 9.17) is 9.15 Å². The number of para-hydroxylation sites is 1. The van der Waals surface area contributed by atoms with Gasteiger partial charge in [-0.15, -0.1) is 0 Å². The topological polar surface area (TPSA) is 72.6 Å². The molecule has 0 N–H and O–H groups in total. The van der Waals surface area contributed by atoms with E-state index in [1.54, 1.807) is 32.3 Å². The standard InChI is InChI=1S/C19H18N2O4/c1-12-16(19(23)24-3)10-14(25-12)11-21(2)18(22)15-8-4-6-13-7-5-9-20-17(13)15/h4-10H,11H2,1-3H3. The quantitative estimate of drug-likeness (QED) is 0.683. The van der Waals surface area contributed by atoms with Crippen LogP contribution in [0.25, 0.3) is 10.9 Å². The number of esters is 1. The van der Waals surface area contributed by atoms with Crippen molar-refractivity contribution in [1.82, 2.24) is 9.88 Å². The fourth-order valence-corrected chi connectivity index (χ4v) is 2.72. The molecule has 128 valence electrons. The van der Waals surface area contributed by atoms with Crippen molar-refractivity contribution in [3.05, 3.63) is 65.2 Å². The van der Waals surface area contributed by atoms with Gasteiger partial charge in [0, 0.05) is 18.6 Å². The lowest BCUT2D eigenvalue weighted by Gasteiger charge is -2.16. The third-order valence-corrected chi connectivity index (χ3v) is 3.98. The number of ether oxygens (including phenoxy) is 1. The Bertz CT molecular complexity index is 940. The zero-order valence-corrected chi connectivity index (χ0v) is 14.3. The lowest BCUT2D eigenvalue weighted by atomic mass is 10.1. The molecular weight excluding hydrogens is 320 g/mol. The number of rotatable bonds is 4. The predicted molar refractivity (Wildman–Crippen MR) is 92.3 cm³/mol. The highest BCUT2D eigenvalue weighted by atomic mass is 16.5. The number of furan rings is 1. The minimum Gasteiger partial charge on any atom is -0.465 e. The second-order valence-corrected chi connectivity index (χ2v) is 5.72. The summed E-state index contributed by atoms with van der Waals surface area (Å²) in [5, 5.41) is 0.906. The van der Waals surface area contributed by atoms with Gasteiger partial charge in [-0.05, 0) is 25.1 Å². The molecule has 0 fully saturated rings. The van der Waals surface area contributed by atoms with Crippen LogP contribution in [0.5, 0.6) is 0 Å². The molecule has 0 spiro atoms. The highest BCUT2D eigenvalue weighted by Gasteiger charge is 2.20. The fourth-order valence-electron chi connectivity index (χ4n) is 2.72. The van der Waals surface area contributed by atoms with E-state index in [9.17, 15) is 9.59 Å². The third kappa shape index (κ3) is 3.24. The van der Waals surface area contributed by atoms with Crippen molar-refractivity contribution in [3.8, 4) is 0 Å². The Morgan fingerprint density at radius 3 is 2.72 bits per heavy atom. The minimum absolute atomic E-state index is 0.169. The number of pyridine rings is 1. The van der Waals surface area contributed by atoms with Crippen molar-refractivity contribution in [1.29, 1.82) is 0 Å². The van der Waals surface area contributed by atoms with Gasteiger partial charge in [0.1, 0.15) is 17.1 Å². The molecule has 0 atom stereocenters. The molecule has 1 aromatic carbocycles.